The minimum absolute atomic E-state index is 0.209. The van der Waals surface area contributed by atoms with Crippen molar-refractivity contribution >= 4 is 28.4 Å². The summed E-state index contributed by atoms with van der Waals surface area (Å²) in [6.07, 6.45) is 5.33. The van der Waals surface area contributed by atoms with E-state index in [9.17, 15) is 9.90 Å². The highest BCUT2D eigenvalue weighted by Crippen LogP contribution is 2.40. The first-order chi connectivity index (χ1) is 18.5. The molecule has 3 atom stereocenters. The molecule has 1 aromatic heterocycles. The van der Waals surface area contributed by atoms with Crippen molar-refractivity contribution in [2.45, 2.75) is 56.5 Å². The van der Waals surface area contributed by atoms with Gasteiger partial charge in [-0.1, -0.05) is 60.1 Å². The molecule has 3 aromatic carbocycles. The van der Waals surface area contributed by atoms with Crippen LogP contribution in [-0.4, -0.2) is 34.3 Å². The Balaban J connectivity index is 1.18. The highest BCUT2D eigenvalue weighted by molar-refractivity contribution is 6.35. The Labute approximate surface area is 227 Å². The van der Waals surface area contributed by atoms with E-state index in [1.807, 2.05) is 30.3 Å². The number of amides is 1. The van der Waals surface area contributed by atoms with E-state index < -0.39 is 6.10 Å². The van der Waals surface area contributed by atoms with Crippen molar-refractivity contribution in [3.05, 3.63) is 106 Å². The Hall–Kier alpha value is -3.16. The molecule has 1 saturated carbocycles. The van der Waals surface area contributed by atoms with Gasteiger partial charge in [-0.25, -0.2) is 5.43 Å². The Morgan fingerprint density at radius 1 is 1.00 bits per heavy atom. The smallest absolute Gasteiger partial charge is 0.265 e. The number of fused-ring (bicyclic) bond motifs is 1. The van der Waals surface area contributed by atoms with E-state index in [-0.39, 0.29) is 18.2 Å². The Morgan fingerprint density at radius 3 is 2.55 bits per heavy atom. The molecule has 1 aliphatic heterocycles. The second kappa shape index (κ2) is 10.9. The lowest BCUT2D eigenvalue weighted by atomic mass is 10.0. The van der Waals surface area contributed by atoms with Gasteiger partial charge < -0.3 is 14.4 Å². The van der Waals surface area contributed by atoms with Gasteiger partial charge in [0.05, 0.1) is 22.7 Å². The summed E-state index contributed by atoms with van der Waals surface area (Å²) >= 11 is 6.71. The monoisotopic (exact) mass is 529 g/mol. The number of nitrogens with zero attached hydrogens (tertiary/aromatic N) is 1. The van der Waals surface area contributed by atoms with E-state index >= 15 is 0 Å². The fourth-order valence-corrected chi connectivity index (χ4v) is 5.74. The highest BCUT2D eigenvalue weighted by atomic mass is 35.5. The molecule has 38 heavy (non-hydrogen) atoms. The number of hydrogen-bond donors (Lipinski definition) is 3. The Bertz CT molecular complexity index is 1420. The van der Waals surface area contributed by atoms with Gasteiger partial charge in [0.1, 0.15) is 6.23 Å². The summed E-state index contributed by atoms with van der Waals surface area (Å²) in [6.45, 7) is 0.381. The number of aromatic nitrogens is 1. The van der Waals surface area contributed by atoms with E-state index in [4.69, 9.17) is 16.3 Å². The standard InChI is InChI=1S/C31H32ClN3O3/c32-27-7-4-8-28-30(27)24(15-20-9-11-21(12-10-20)22-13-14-22)19-35(28)29-17-25(36)16-26(38-29)18-33-34-31(37)23-5-2-1-3-6-23/h1-12,19,22,25-26,29,33,36H,13-18H2,(H,34,37)/t25-,26-,29+/m0/s1. The van der Waals surface area contributed by atoms with Crippen LogP contribution in [0, 0.1) is 0 Å². The average molecular weight is 530 g/mol. The summed E-state index contributed by atoms with van der Waals surface area (Å²) in [5, 5.41) is 12.4. The number of hydrogen-bond acceptors (Lipinski definition) is 4. The second-order valence-corrected chi connectivity index (χ2v) is 10.8. The quantitative estimate of drug-likeness (QED) is 0.255. The zero-order valence-electron chi connectivity index (χ0n) is 21.1. The van der Waals surface area contributed by atoms with Crippen molar-refractivity contribution in [1.82, 2.24) is 15.4 Å². The molecular weight excluding hydrogens is 498 g/mol. The maximum Gasteiger partial charge on any atom is 0.265 e. The van der Waals surface area contributed by atoms with E-state index in [1.54, 1.807) is 12.1 Å². The molecule has 1 saturated heterocycles. The number of aliphatic hydroxyl groups is 1. The van der Waals surface area contributed by atoms with Gasteiger partial charge in [-0.3, -0.25) is 10.2 Å². The van der Waals surface area contributed by atoms with Crippen LogP contribution in [0.2, 0.25) is 5.02 Å². The number of nitrogens with one attached hydrogen (secondary N) is 2. The molecule has 2 fully saturated rings. The first-order valence-electron chi connectivity index (χ1n) is 13.3. The molecule has 6 rings (SSSR count). The fourth-order valence-electron chi connectivity index (χ4n) is 5.45. The van der Waals surface area contributed by atoms with Crippen molar-refractivity contribution in [3.63, 3.8) is 0 Å². The lowest BCUT2D eigenvalue weighted by molar-refractivity contribution is -0.125. The zero-order chi connectivity index (χ0) is 26.1. The molecule has 0 bridgehead atoms. The molecule has 3 N–H and O–H groups in total. The molecule has 6 nitrogen and oxygen atoms in total. The molecular formula is C31H32ClN3O3. The zero-order valence-corrected chi connectivity index (χ0v) is 21.9. The van der Waals surface area contributed by atoms with Crippen molar-refractivity contribution < 1.29 is 14.6 Å². The number of rotatable bonds is 8. The highest BCUT2D eigenvalue weighted by Gasteiger charge is 2.31. The second-order valence-electron chi connectivity index (χ2n) is 10.4. The third kappa shape index (κ3) is 5.49. The van der Waals surface area contributed by atoms with E-state index in [2.05, 4.69) is 51.9 Å². The SMILES string of the molecule is O=C(NNC[C@@H]1C[C@H](O)C[C@H](n2cc(Cc3ccc(C4CC4)cc3)c3c(Cl)cccc32)O1)c1ccccc1. The molecule has 2 heterocycles. The number of benzene rings is 3. The van der Waals surface area contributed by atoms with Crippen LogP contribution in [0.4, 0.5) is 0 Å². The maximum atomic E-state index is 12.3. The first kappa shape index (κ1) is 25.1. The van der Waals surface area contributed by atoms with Crippen LogP contribution in [0.15, 0.2) is 79.0 Å². The minimum atomic E-state index is -0.513. The largest absolute Gasteiger partial charge is 0.393 e. The number of carbonyl (C=O) groups excluding carboxylic acids is 1. The van der Waals surface area contributed by atoms with E-state index in [1.165, 1.54) is 24.0 Å². The van der Waals surface area contributed by atoms with Crippen molar-refractivity contribution in [2.75, 3.05) is 6.54 Å². The number of halogens is 1. The summed E-state index contributed by atoms with van der Waals surface area (Å²) in [7, 11) is 0. The number of carbonyl (C=O) groups is 1. The predicted octanol–water partition coefficient (Wildman–Crippen LogP) is 5.74. The van der Waals surface area contributed by atoms with Crippen molar-refractivity contribution in [3.8, 4) is 0 Å². The van der Waals surface area contributed by atoms with Crippen molar-refractivity contribution in [2.24, 2.45) is 0 Å². The first-order valence-corrected chi connectivity index (χ1v) is 13.7. The third-order valence-electron chi connectivity index (χ3n) is 7.54. The van der Waals surface area contributed by atoms with Gasteiger partial charge in [0, 0.05) is 36.5 Å². The number of ether oxygens (including phenoxy) is 1. The number of hydrazine groups is 1. The summed E-state index contributed by atoms with van der Waals surface area (Å²) in [5.74, 6) is 0.531. The normalized spacial score (nSPS) is 21.5. The number of aliphatic hydroxyl groups excluding tert-OH is 1. The molecule has 196 valence electrons. The van der Waals surface area contributed by atoms with Gasteiger partial charge in [0.25, 0.3) is 5.91 Å². The van der Waals surface area contributed by atoms with Gasteiger partial charge in [-0.2, -0.15) is 0 Å². The average Bonchev–Trinajstić information content (AvgIpc) is 3.71. The minimum Gasteiger partial charge on any atom is -0.393 e. The molecule has 4 aromatic rings. The summed E-state index contributed by atoms with van der Waals surface area (Å²) in [4.78, 5) is 12.3. The van der Waals surface area contributed by atoms with Crippen LogP contribution < -0.4 is 10.9 Å². The molecule has 0 spiro atoms. The van der Waals surface area contributed by atoms with Crippen LogP contribution in [0.5, 0.6) is 0 Å². The Kier molecular flexibility index (Phi) is 7.22. The van der Waals surface area contributed by atoms with Crippen LogP contribution in [0.1, 0.15) is 64.9 Å². The van der Waals surface area contributed by atoms with Gasteiger partial charge in [0.2, 0.25) is 0 Å². The third-order valence-corrected chi connectivity index (χ3v) is 7.86. The van der Waals surface area contributed by atoms with Crippen LogP contribution in [-0.2, 0) is 11.2 Å². The van der Waals surface area contributed by atoms with Gasteiger partial charge in [-0.05, 0) is 66.1 Å². The topological polar surface area (TPSA) is 75.5 Å². The lowest BCUT2D eigenvalue weighted by Gasteiger charge is -2.34. The van der Waals surface area contributed by atoms with Crippen LogP contribution in [0.3, 0.4) is 0 Å². The maximum absolute atomic E-state index is 12.3. The van der Waals surface area contributed by atoms with Gasteiger partial charge >= 0.3 is 0 Å². The fraction of sp³-hybridized carbons (Fsp3) is 0.323. The molecule has 1 aliphatic carbocycles. The molecule has 2 aliphatic rings. The van der Waals surface area contributed by atoms with Crippen LogP contribution >= 0.6 is 11.6 Å². The Morgan fingerprint density at radius 2 is 1.79 bits per heavy atom. The summed E-state index contributed by atoms with van der Waals surface area (Å²) in [5.41, 5.74) is 11.1. The summed E-state index contributed by atoms with van der Waals surface area (Å²) in [6, 6.07) is 23.9. The molecule has 1 amide bonds. The van der Waals surface area contributed by atoms with Crippen LogP contribution in [0.25, 0.3) is 10.9 Å². The predicted molar refractivity (Wildman–Crippen MR) is 149 cm³/mol. The molecule has 7 heteroatoms. The van der Waals surface area contributed by atoms with E-state index in [0.717, 1.165) is 28.8 Å². The lowest BCUT2D eigenvalue weighted by Crippen LogP contribution is -2.45. The summed E-state index contributed by atoms with van der Waals surface area (Å²) < 4.78 is 8.54. The molecule has 0 radical (unpaired) electrons. The van der Waals surface area contributed by atoms with Gasteiger partial charge in [-0.15, -0.1) is 0 Å². The van der Waals surface area contributed by atoms with Crippen molar-refractivity contribution in [1.29, 1.82) is 0 Å². The van der Waals surface area contributed by atoms with Gasteiger partial charge in [0.15, 0.2) is 0 Å². The molecule has 0 unspecified atom stereocenters. The van der Waals surface area contributed by atoms with E-state index in [0.29, 0.717) is 30.0 Å².